The molecule has 2 N–H and O–H groups in total. The average Bonchev–Trinajstić information content (AvgIpc) is 3.59. The van der Waals surface area contributed by atoms with Gasteiger partial charge in [-0.05, 0) is 68.4 Å². The number of rotatable bonds is 7. The number of aliphatic hydroxyl groups excluding tert-OH is 1. The van der Waals surface area contributed by atoms with Crippen molar-refractivity contribution in [2.45, 2.75) is 62.6 Å². The summed E-state index contributed by atoms with van der Waals surface area (Å²) in [6.45, 7) is 5.44. The number of anilines is 2. The molecule has 220 valence electrons. The van der Waals surface area contributed by atoms with Crippen LogP contribution in [0, 0.1) is 5.92 Å². The summed E-state index contributed by atoms with van der Waals surface area (Å²) in [5, 5.41) is 12.6. The van der Waals surface area contributed by atoms with Gasteiger partial charge in [0.1, 0.15) is 5.75 Å². The number of amides is 3. The average molecular weight is 584 g/mol. The summed E-state index contributed by atoms with van der Waals surface area (Å²) in [5.41, 5.74) is -0.0309. The van der Waals surface area contributed by atoms with Gasteiger partial charge in [-0.1, -0.05) is 6.92 Å². The van der Waals surface area contributed by atoms with Gasteiger partial charge in [0.15, 0.2) is 5.60 Å². The van der Waals surface area contributed by atoms with Crippen molar-refractivity contribution in [3.05, 3.63) is 53.6 Å². The van der Waals surface area contributed by atoms with Gasteiger partial charge in [-0.2, -0.15) is 0 Å². The molecule has 2 fully saturated rings. The molecule has 0 saturated carbocycles. The third-order valence-electron chi connectivity index (χ3n) is 8.98. The van der Waals surface area contributed by atoms with Gasteiger partial charge in [-0.15, -0.1) is 0 Å². The first kappa shape index (κ1) is 29.2. The van der Waals surface area contributed by atoms with E-state index in [1.54, 1.807) is 74.6 Å². The Morgan fingerprint density at radius 2 is 1.93 bits per heavy atom. The number of carbonyl (C=O) groups excluding carboxylic acids is 3. The molecule has 0 aliphatic carbocycles. The summed E-state index contributed by atoms with van der Waals surface area (Å²) in [7, 11) is -0.229. The number of nitrogens with one attached hydrogen (secondary N) is 1. The number of hydrogen-bond donors (Lipinski definition) is 2. The molecule has 3 aliphatic rings. The van der Waals surface area contributed by atoms with Crippen molar-refractivity contribution < 1.29 is 33.1 Å². The number of benzene rings is 2. The molecule has 5 atom stereocenters. The first-order valence-electron chi connectivity index (χ1n) is 14.1. The van der Waals surface area contributed by atoms with Crippen LogP contribution in [0.2, 0.25) is 18.6 Å². The van der Waals surface area contributed by atoms with Crippen LogP contribution in [0.4, 0.5) is 15.5 Å². The first-order valence-corrected chi connectivity index (χ1v) is 17.0. The van der Waals surface area contributed by atoms with E-state index in [4.69, 9.17) is 9.47 Å². The number of likely N-dealkylation sites (N-methyl/N-ethyl adjacent to an activating group) is 1. The van der Waals surface area contributed by atoms with Gasteiger partial charge in [0.2, 0.25) is 14.3 Å². The van der Waals surface area contributed by atoms with Gasteiger partial charge in [-0.25, -0.2) is 0 Å². The number of carbonyl (C=O) groups is 3. The van der Waals surface area contributed by atoms with Crippen molar-refractivity contribution in [2.75, 3.05) is 37.5 Å². The second-order valence-corrected chi connectivity index (χ2v) is 15.6. The van der Waals surface area contributed by atoms with Crippen molar-refractivity contribution in [1.82, 2.24) is 4.90 Å². The van der Waals surface area contributed by atoms with Gasteiger partial charge in [-0.3, -0.25) is 14.4 Å². The van der Waals surface area contributed by atoms with Gasteiger partial charge in [0.25, 0.3) is 11.8 Å². The summed E-state index contributed by atoms with van der Waals surface area (Å²) in [6.07, 6.45) is 0.665. The summed E-state index contributed by atoms with van der Waals surface area (Å²) >= 11 is 0. The highest BCUT2D eigenvalue weighted by molar-refractivity contribution is 6.72. The van der Waals surface area contributed by atoms with Gasteiger partial charge in [0, 0.05) is 41.9 Å². The summed E-state index contributed by atoms with van der Waals surface area (Å²) in [5.74, 6) is -0.761. The van der Waals surface area contributed by atoms with E-state index in [2.05, 4.69) is 5.32 Å². The van der Waals surface area contributed by atoms with Crippen molar-refractivity contribution in [3.8, 4) is 5.75 Å². The molecule has 2 aromatic rings. The Morgan fingerprint density at radius 1 is 1.22 bits per heavy atom. The van der Waals surface area contributed by atoms with Crippen LogP contribution in [0.25, 0.3) is 0 Å². The van der Waals surface area contributed by atoms with E-state index in [1.807, 2.05) is 6.92 Å². The van der Waals surface area contributed by atoms with Gasteiger partial charge >= 0.3 is 0 Å². The van der Waals surface area contributed by atoms with E-state index < -0.39 is 31.6 Å². The van der Waals surface area contributed by atoms with Crippen molar-refractivity contribution in [1.29, 1.82) is 0 Å². The van der Waals surface area contributed by atoms with Gasteiger partial charge < -0.3 is 33.8 Å². The maximum absolute atomic E-state index is 16.0. The lowest BCUT2D eigenvalue weighted by atomic mass is 9.82. The number of nitrogens with zero attached hydrogens (tertiary/aromatic N) is 2. The van der Waals surface area contributed by atoms with Crippen LogP contribution in [0.1, 0.15) is 42.1 Å². The molecule has 3 heterocycles. The predicted molar refractivity (Wildman–Crippen MR) is 155 cm³/mol. The zero-order valence-electron chi connectivity index (χ0n) is 24.1. The summed E-state index contributed by atoms with van der Waals surface area (Å²) in [6, 6.07) is 11.7. The Labute approximate surface area is 240 Å². The van der Waals surface area contributed by atoms with E-state index in [9.17, 15) is 19.5 Å². The molecular weight excluding hydrogens is 545 g/mol. The molecule has 41 heavy (non-hydrogen) atoms. The number of likely N-dealkylation sites (tertiary alicyclic amines) is 1. The van der Waals surface area contributed by atoms with E-state index in [0.717, 1.165) is 12.8 Å². The monoisotopic (exact) mass is 583 g/mol. The van der Waals surface area contributed by atoms with Crippen LogP contribution in [-0.2, 0) is 19.9 Å². The lowest BCUT2D eigenvalue weighted by molar-refractivity contribution is -0.149. The van der Waals surface area contributed by atoms with E-state index >= 15 is 4.11 Å². The number of ether oxygens (including phenoxy) is 2. The molecule has 0 aromatic heterocycles. The first-order chi connectivity index (χ1) is 19.4. The van der Waals surface area contributed by atoms with Crippen LogP contribution >= 0.6 is 0 Å². The fourth-order valence-electron chi connectivity index (χ4n) is 7.02. The second-order valence-electron chi connectivity index (χ2n) is 11.8. The Hall–Kier alpha value is -3.28. The van der Waals surface area contributed by atoms with E-state index in [0.29, 0.717) is 34.8 Å². The standard InChI is InChI=1S/C30H38FN3O6Si/c1-18-27(41(4,5)31)25(16-26(36)34-14-6-7-21(34)17-35)40-30(18)23-15-20(10-13-24(23)33(2)29(30)38)32-28(37)19-8-11-22(39-3)12-9-19/h8-13,15,18,21,25,27,35H,6-7,14,16-17H2,1-5H3,(H,32,37)/t18-,21+,25+,27-,30+/m1/s1. The summed E-state index contributed by atoms with van der Waals surface area (Å²) in [4.78, 5) is 43.5. The highest BCUT2D eigenvalue weighted by Gasteiger charge is 2.66. The molecule has 2 saturated heterocycles. The zero-order chi connectivity index (χ0) is 29.7. The Kier molecular flexibility index (Phi) is 7.73. The van der Waals surface area contributed by atoms with Crippen molar-refractivity contribution in [3.63, 3.8) is 0 Å². The molecule has 2 aromatic carbocycles. The minimum absolute atomic E-state index is 0.0617. The third kappa shape index (κ3) is 4.93. The van der Waals surface area contributed by atoms with Crippen LogP contribution in [0.5, 0.6) is 5.75 Å². The maximum atomic E-state index is 16.0. The lowest BCUT2D eigenvalue weighted by Crippen LogP contribution is -2.44. The molecule has 9 nitrogen and oxygen atoms in total. The molecule has 3 aliphatic heterocycles. The Balaban J connectivity index is 1.48. The molecule has 0 unspecified atom stereocenters. The normalized spacial score (nSPS) is 27.4. The van der Waals surface area contributed by atoms with E-state index in [-0.39, 0.29) is 36.8 Å². The number of halogens is 1. The smallest absolute Gasteiger partial charge is 0.264 e. The quantitative estimate of drug-likeness (QED) is 0.376. The third-order valence-corrected chi connectivity index (χ3v) is 11.4. The zero-order valence-corrected chi connectivity index (χ0v) is 25.1. The molecule has 0 bridgehead atoms. The molecule has 5 rings (SSSR count). The number of aliphatic hydroxyl groups is 1. The predicted octanol–water partition coefficient (Wildman–Crippen LogP) is 4.07. The number of fused-ring (bicyclic) bond motifs is 2. The molecule has 11 heteroatoms. The van der Waals surface area contributed by atoms with Crippen LogP contribution < -0.4 is 15.0 Å². The second kappa shape index (κ2) is 10.8. The van der Waals surface area contributed by atoms with Crippen LogP contribution in [0.15, 0.2) is 42.5 Å². The molecular formula is C30H38FN3O6Si. The van der Waals surface area contributed by atoms with Crippen molar-refractivity contribution in [2.24, 2.45) is 5.92 Å². The van der Waals surface area contributed by atoms with Crippen molar-refractivity contribution >= 4 is 37.5 Å². The van der Waals surface area contributed by atoms with E-state index in [1.165, 1.54) is 4.90 Å². The Morgan fingerprint density at radius 3 is 2.56 bits per heavy atom. The highest BCUT2D eigenvalue weighted by atomic mass is 28.4. The maximum Gasteiger partial charge on any atom is 0.264 e. The summed E-state index contributed by atoms with van der Waals surface area (Å²) < 4.78 is 27.8. The minimum atomic E-state index is -3.44. The topological polar surface area (TPSA) is 108 Å². The van der Waals surface area contributed by atoms with Crippen LogP contribution in [-0.4, -0.2) is 75.6 Å². The van der Waals surface area contributed by atoms with Crippen LogP contribution in [0.3, 0.4) is 0 Å². The molecule has 1 spiro atoms. The largest absolute Gasteiger partial charge is 0.497 e. The SMILES string of the molecule is COc1ccc(C(=O)Nc2ccc3c(c2)[C@]2(O[C@@H](CC(=O)N4CCC[C@H]4CO)[C@H]([Si](C)(C)F)[C@H]2C)C(=O)N3C)cc1. The van der Waals surface area contributed by atoms with Gasteiger partial charge in [0.05, 0.1) is 38.0 Å². The number of hydrogen-bond acceptors (Lipinski definition) is 6. The molecule has 3 amide bonds. The lowest BCUT2D eigenvalue weighted by Gasteiger charge is -2.31. The highest BCUT2D eigenvalue weighted by Crippen LogP contribution is 2.60. The Bertz CT molecular complexity index is 1350. The molecule has 0 radical (unpaired) electrons. The minimum Gasteiger partial charge on any atom is -0.497 e. The number of methoxy groups -OCH3 is 1. The fourth-order valence-corrected chi connectivity index (χ4v) is 9.51. The fraction of sp³-hybridized carbons (Fsp3) is 0.500.